The monoisotopic (exact) mass is 389 g/mol. The van der Waals surface area contributed by atoms with Gasteiger partial charge in [0.25, 0.3) is 5.91 Å². The van der Waals surface area contributed by atoms with Crippen LogP contribution >= 0.6 is 0 Å². The molecular formula is C22H31NO5. The summed E-state index contributed by atoms with van der Waals surface area (Å²) in [5, 5.41) is 0. The van der Waals surface area contributed by atoms with E-state index in [0.29, 0.717) is 19.0 Å². The van der Waals surface area contributed by atoms with Crippen molar-refractivity contribution < 1.29 is 23.8 Å². The van der Waals surface area contributed by atoms with Crippen molar-refractivity contribution in [3.63, 3.8) is 0 Å². The van der Waals surface area contributed by atoms with E-state index in [-0.39, 0.29) is 19.1 Å². The van der Waals surface area contributed by atoms with Gasteiger partial charge in [-0.15, -0.1) is 6.58 Å². The third-order valence-electron chi connectivity index (χ3n) is 5.10. The summed E-state index contributed by atoms with van der Waals surface area (Å²) in [4.78, 5) is 25.8. The summed E-state index contributed by atoms with van der Waals surface area (Å²) in [6.45, 7) is 6.61. The van der Waals surface area contributed by atoms with Crippen molar-refractivity contribution in [2.45, 2.75) is 38.7 Å². The van der Waals surface area contributed by atoms with Crippen LogP contribution in [0.1, 0.15) is 31.7 Å². The van der Waals surface area contributed by atoms with Gasteiger partial charge in [0.1, 0.15) is 5.75 Å². The lowest BCUT2D eigenvalue weighted by molar-refractivity contribution is -0.161. The van der Waals surface area contributed by atoms with Crippen LogP contribution < -0.4 is 4.74 Å². The van der Waals surface area contributed by atoms with Gasteiger partial charge in [-0.25, -0.2) is 4.79 Å². The van der Waals surface area contributed by atoms with Gasteiger partial charge in [-0.1, -0.05) is 18.2 Å². The molecule has 1 amide bonds. The summed E-state index contributed by atoms with van der Waals surface area (Å²) in [6, 6.07) is 8.18. The fraction of sp³-hybridized carbons (Fsp3) is 0.545. The number of hydrogen-bond donors (Lipinski definition) is 0. The first-order valence-electron chi connectivity index (χ1n) is 9.83. The van der Waals surface area contributed by atoms with Gasteiger partial charge in [0.15, 0.2) is 12.7 Å². The number of aryl methyl sites for hydroxylation is 1. The van der Waals surface area contributed by atoms with Crippen LogP contribution in [0.15, 0.2) is 36.9 Å². The first-order chi connectivity index (χ1) is 13.5. The highest BCUT2D eigenvalue weighted by atomic mass is 16.6. The van der Waals surface area contributed by atoms with Crippen LogP contribution in [0.3, 0.4) is 0 Å². The van der Waals surface area contributed by atoms with Crippen LogP contribution in [0.25, 0.3) is 0 Å². The zero-order chi connectivity index (χ0) is 20.4. The van der Waals surface area contributed by atoms with Crippen molar-refractivity contribution in [2.75, 3.05) is 33.4 Å². The zero-order valence-corrected chi connectivity index (χ0v) is 16.9. The van der Waals surface area contributed by atoms with Crippen LogP contribution in [0, 0.1) is 5.92 Å². The van der Waals surface area contributed by atoms with Crippen molar-refractivity contribution in [2.24, 2.45) is 5.92 Å². The minimum absolute atomic E-state index is 0.141. The second kappa shape index (κ2) is 11.5. The number of piperidine rings is 1. The Kier molecular flexibility index (Phi) is 9.01. The molecule has 6 nitrogen and oxygen atoms in total. The third-order valence-corrected chi connectivity index (χ3v) is 5.10. The molecule has 1 aliphatic rings. The maximum atomic E-state index is 12.3. The number of hydrogen-bond acceptors (Lipinski definition) is 5. The molecule has 1 aromatic rings. The zero-order valence-electron chi connectivity index (χ0n) is 16.9. The molecule has 1 unspecified atom stereocenters. The van der Waals surface area contributed by atoms with E-state index in [9.17, 15) is 9.59 Å². The molecule has 0 bridgehead atoms. The first kappa shape index (κ1) is 22.0. The van der Waals surface area contributed by atoms with Crippen molar-refractivity contribution >= 4 is 11.9 Å². The number of rotatable bonds is 10. The number of amides is 1. The molecule has 0 saturated carbocycles. The molecule has 0 N–H and O–H groups in total. The van der Waals surface area contributed by atoms with Gasteiger partial charge in [0, 0.05) is 13.1 Å². The Morgan fingerprint density at radius 2 is 1.93 bits per heavy atom. The average Bonchev–Trinajstić information content (AvgIpc) is 2.74. The molecule has 0 aliphatic carbocycles. The Morgan fingerprint density at radius 1 is 1.25 bits per heavy atom. The number of methoxy groups -OCH3 is 1. The van der Waals surface area contributed by atoms with Crippen LogP contribution in [0.2, 0.25) is 0 Å². The fourth-order valence-electron chi connectivity index (χ4n) is 3.26. The predicted octanol–water partition coefficient (Wildman–Crippen LogP) is 3.00. The molecule has 154 valence electrons. The molecule has 0 radical (unpaired) electrons. The summed E-state index contributed by atoms with van der Waals surface area (Å²) in [5.74, 6) is 0.821. The number of esters is 1. The van der Waals surface area contributed by atoms with E-state index in [1.54, 1.807) is 25.0 Å². The van der Waals surface area contributed by atoms with Gasteiger partial charge in [-0.05, 0) is 56.2 Å². The van der Waals surface area contributed by atoms with Gasteiger partial charge < -0.3 is 19.1 Å². The summed E-state index contributed by atoms with van der Waals surface area (Å²) < 4.78 is 15.4. The van der Waals surface area contributed by atoms with Crippen LogP contribution in [-0.2, 0) is 25.5 Å². The number of ether oxygens (including phenoxy) is 3. The number of benzene rings is 1. The normalized spacial score (nSPS) is 15.7. The van der Waals surface area contributed by atoms with Crippen molar-refractivity contribution in [1.82, 2.24) is 4.90 Å². The molecular weight excluding hydrogens is 358 g/mol. The predicted molar refractivity (Wildman–Crippen MR) is 107 cm³/mol. The third kappa shape index (κ3) is 7.00. The van der Waals surface area contributed by atoms with E-state index in [1.807, 2.05) is 12.1 Å². The molecule has 0 aromatic heterocycles. The van der Waals surface area contributed by atoms with Gasteiger partial charge in [0.2, 0.25) is 0 Å². The molecule has 28 heavy (non-hydrogen) atoms. The van der Waals surface area contributed by atoms with Crippen LogP contribution in [0.5, 0.6) is 5.75 Å². The SMILES string of the molecule is C=CCOC(C)C(=O)OCC(=O)N1CCC(CCc2ccc(OC)cc2)CC1. The highest BCUT2D eigenvalue weighted by Gasteiger charge is 2.24. The highest BCUT2D eigenvalue weighted by molar-refractivity contribution is 5.82. The standard InChI is InChI=1S/C22H31NO5/c1-4-15-27-17(2)22(25)28-16-21(24)23-13-11-19(12-14-23)6-5-18-7-9-20(26-3)10-8-18/h4,7-10,17,19H,1,5-6,11-16H2,2-3H3. The van der Waals surface area contributed by atoms with E-state index >= 15 is 0 Å². The topological polar surface area (TPSA) is 65.1 Å². The molecule has 1 fully saturated rings. The van der Waals surface area contributed by atoms with Gasteiger partial charge in [-0.2, -0.15) is 0 Å². The number of nitrogens with zero attached hydrogens (tertiary/aromatic N) is 1. The minimum atomic E-state index is -0.700. The Bertz CT molecular complexity index is 635. The molecule has 1 heterocycles. The van der Waals surface area contributed by atoms with Gasteiger partial charge in [0.05, 0.1) is 13.7 Å². The van der Waals surface area contributed by atoms with Gasteiger partial charge >= 0.3 is 5.97 Å². The second-order valence-corrected chi connectivity index (χ2v) is 7.08. The quantitative estimate of drug-likeness (QED) is 0.455. The minimum Gasteiger partial charge on any atom is -0.497 e. The fourth-order valence-corrected chi connectivity index (χ4v) is 3.26. The molecule has 1 atom stereocenters. The maximum absolute atomic E-state index is 12.3. The lowest BCUT2D eigenvalue weighted by Crippen LogP contribution is -2.41. The van der Waals surface area contributed by atoms with E-state index in [2.05, 4.69) is 18.7 Å². The lowest BCUT2D eigenvalue weighted by Gasteiger charge is -2.32. The summed E-state index contributed by atoms with van der Waals surface area (Å²) in [6.07, 6.45) is 4.97. The maximum Gasteiger partial charge on any atom is 0.335 e. The molecule has 6 heteroatoms. The van der Waals surface area contributed by atoms with Crippen LogP contribution in [0.4, 0.5) is 0 Å². The van der Waals surface area contributed by atoms with Crippen molar-refractivity contribution in [1.29, 1.82) is 0 Å². The van der Waals surface area contributed by atoms with E-state index < -0.39 is 12.1 Å². The molecule has 2 rings (SSSR count). The molecule has 1 aliphatic heterocycles. The Hall–Kier alpha value is -2.34. The summed E-state index contributed by atoms with van der Waals surface area (Å²) >= 11 is 0. The van der Waals surface area contributed by atoms with Crippen molar-refractivity contribution in [3.05, 3.63) is 42.5 Å². The van der Waals surface area contributed by atoms with Crippen molar-refractivity contribution in [3.8, 4) is 5.75 Å². The molecule has 0 spiro atoms. The van der Waals surface area contributed by atoms with Crippen LogP contribution in [-0.4, -0.2) is 56.3 Å². The van der Waals surface area contributed by atoms with E-state index in [0.717, 1.165) is 31.4 Å². The lowest BCUT2D eigenvalue weighted by atomic mass is 9.90. The molecule has 1 aromatic carbocycles. The molecule has 1 saturated heterocycles. The Labute approximate surface area is 167 Å². The summed E-state index contributed by atoms with van der Waals surface area (Å²) in [7, 11) is 1.67. The van der Waals surface area contributed by atoms with E-state index in [1.165, 1.54) is 5.56 Å². The first-order valence-corrected chi connectivity index (χ1v) is 9.83. The average molecular weight is 389 g/mol. The number of carbonyl (C=O) groups excluding carboxylic acids is 2. The summed E-state index contributed by atoms with van der Waals surface area (Å²) in [5.41, 5.74) is 1.30. The Balaban J connectivity index is 1.65. The second-order valence-electron chi connectivity index (χ2n) is 7.08. The number of likely N-dealkylation sites (tertiary alicyclic amines) is 1. The largest absolute Gasteiger partial charge is 0.497 e. The highest BCUT2D eigenvalue weighted by Crippen LogP contribution is 2.23. The Morgan fingerprint density at radius 3 is 2.54 bits per heavy atom. The van der Waals surface area contributed by atoms with Gasteiger partial charge in [-0.3, -0.25) is 4.79 Å². The number of carbonyl (C=O) groups is 2. The smallest absolute Gasteiger partial charge is 0.335 e. The van der Waals surface area contributed by atoms with E-state index in [4.69, 9.17) is 14.2 Å².